The molecule has 0 saturated heterocycles. The first-order valence-corrected chi connectivity index (χ1v) is 13.1. The van der Waals surface area contributed by atoms with Gasteiger partial charge >= 0.3 is 0 Å². The number of fused-ring (bicyclic) bond motifs is 1. The molecule has 1 aromatic carbocycles. The summed E-state index contributed by atoms with van der Waals surface area (Å²) in [6.07, 6.45) is 1.72. The minimum absolute atomic E-state index is 0.0523. The number of nitro groups is 1. The summed E-state index contributed by atoms with van der Waals surface area (Å²) in [5.74, 6) is 0. The molecule has 7 nitrogen and oxygen atoms in total. The van der Waals surface area contributed by atoms with E-state index >= 15 is 0 Å². The normalized spacial score (nSPS) is 11.9. The first kappa shape index (κ1) is 19.7. The third-order valence-corrected chi connectivity index (χ3v) is 6.25. The molecule has 0 aliphatic heterocycles. The molecular formula is C18H21BrN4O3Si. The first-order valence-electron chi connectivity index (χ1n) is 8.59. The van der Waals surface area contributed by atoms with E-state index in [0.29, 0.717) is 13.3 Å². The van der Waals surface area contributed by atoms with Crippen LogP contribution in [0.4, 0.5) is 5.69 Å². The number of aromatic nitrogens is 3. The van der Waals surface area contributed by atoms with Crippen molar-refractivity contribution in [3.05, 3.63) is 51.1 Å². The lowest BCUT2D eigenvalue weighted by Crippen LogP contribution is -2.22. The standard InChI is InChI=1S/C18H21BrN4O3Si/c1-27(2,3)9-8-26-12-22-18-16(10-14(19)11-20-18)17(21-22)13-4-6-15(7-5-13)23(24)25/h4-7,10-11H,8-9,12H2,1-3H3. The Morgan fingerprint density at radius 3 is 2.59 bits per heavy atom. The molecule has 3 aromatic rings. The van der Waals surface area contributed by atoms with Crippen LogP contribution in [0.5, 0.6) is 0 Å². The summed E-state index contributed by atoms with van der Waals surface area (Å²) in [7, 11) is -1.15. The van der Waals surface area contributed by atoms with Gasteiger partial charge in [0.25, 0.3) is 5.69 Å². The Morgan fingerprint density at radius 2 is 1.96 bits per heavy atom. The van der Waals surface area contributed by atoms with E-state index in [4.69, 9.17) is 4.74 Å². The van der Waals surface area contributed by atoms with Gasteiger partial charge < -0.3 is 4.74 Å². The zero-order chi connectivity index (χ0) is 19.6. The highest BCUT2D eigenvalue weighted by Crippen LogP contribution is 2.30. The van der Waals surface area contributed by atoms with Crippen LogP contribution in [0.1, 0.15) is 0 Å². The van der Waals surface area contributed by atoms with Crippen molar-refractivity contribution in [2.24, 2.45) is 0 Å². The topological polar surface area (TPSA) is 83.1 Å². The molecule has 0 saturated carbocycles. The fraction of sp³-hybridized carbons (Fsp3) is 0.333. The van der Waals surface area contributed by atoms with Crippen LogP contribution >= 0.6 is 15.9 Å². The van der Waals surface area contributed by atoms with E-state index in [1.54, 1.807) is 23.0 Å². The van der Waals surface area contributed by atoms with Crippen LogP contribution in [-0.4, -0.2) is 34.4 Å². The van der Waals surface area contributed by atoms with Crippen LogP contribution in [0.2, 0.25) is 25.7 Å². The summed E-state index contributed by atoms with van der Waals surface area (Å²) in [4.78, 5) is 14.9. The zero-order valence-electron chi connectivity index (χ0n) is 15.5. The number of ether oxygens (including phenoxy) is 1. The second-order valence-electron chi connectivity index (χ2n) is 7.52. The van der Waals surface area contributed by atoms with E-state index in [-0.39, 0.29) is 5.69 Å². The third kappa shape index (κ3) is 4.79. The molecule has 0 aliphatic rings. The average Bonchev–Trinajstić information content (AvgIpc) is 2.96. The van der Waals surface area contributed by atoms with Gasteiger partial charge in [-0.25, -0.2) is 9.67 Å². The van der Waals surface area contributed by atoms with E-state index < -0.39 is 13.0 Å². The van der Waals surface area contributed by atoms with E-state index in [0.717, 1.165) is 32.8 Å². The quantitative estimate of drug-likeness (QED) is 0.217. The van der Waals surface area contributed by atoms with Gasteiger partial charge in [0.1, 0.15) is 12.4 Å². The highest BCUT2D eigenvalue weighted by atomic mass is 79.9. The van der Waals surface area contributed by atoms with Crippen LogP contribution in [0.25, 0.3) is 22.3 Å². The Balaban J connectivity index is 1.91. The first-order chi connectivity index (χ1) is 12.7. The lowest BCUT2D eigenvalue weighted by atomic mass is 10.1. The summed E-state index contributed by atoms with van der Waals surface area (Å²) in [5, 5.41) is 16.4. The number of rotatable bonds is 7. The van der Waals surface area contributed by atoms with Gasteiger partial charge in [-0.05, 0) is 40.2 Å². The molecule has 142 valence electrons. The summed E-state index contributed by atoms with van der Waals surface area (Å²) in [6, 6.07) is 9.41. The van der Waals surface area contributed by atoms with E-state index in [1.165, 1.54) is 12.1 Å². The van der Waals surface area contributed by atoms with Crippen molar-refractivity contribution in [2.75, 3.05) is 6.61 Å². The maximum Gasteiger partial charge on any atom is 0.269 e. The van der Waals surface area contributed by atoms with Crippen LogP contribution in [0.3, 0.4) is 0 Å². The summed E-state index contributed by atoms with van der Waals surface area (Å²) >= 11 is 3.45. The molecule has 0 fully saturated rings. The molecule has 3 rings (SSSR count). The van der Waals surface area contributed by atoms with Crippen molar-refractivity contribution in [1.29, 1.82) is 0 Å². The van der Waals surface area contributed by atoms with Crippen LogP contribution in [0, 0.1) is 10.1 Å². The Hall–Kier alpha value is -2.10. The van der Waals surface area contributed by atoms with Crippen molar-refractivity contribution >= 4 is 40.7 Å². The number of pyridine rings is 1. The van der Waals surface area contributed by atoms with Gasteiger partial charge in [0, 0.05) is 48.4 Å². The Bertz CT molecular complexity index is 967. The second kappa shape index (κ2) is 7.87. The molecule has 9 heteroatoms. The maximum atomic E-state index is 10.9. The Kier molecular flexibility index (Phi) is 5.73. The summed E-state index contributed by atoms with van der Waals surface area (Å²) < 4.78 is 8.41. The molecule has 2 aromatic heterocycles. The third-order valence-electron chi connectivity index (χ3n) is 4.12. The van der Waals surface area contributed by atoms with Gasteiger partial charge in [-0.2, -0.15) is 5.10 Å². The van der Waals surface area contributed by atoms with Gasteiger partial charge in [0.05, 0.1) is 4.92 Å². The molecule has 0 spiro atoms. The number of nitro benzene ring substituents is 1. The molecular weight excluding hydrogens is 428 g/mol. The highest BCUT2D eigenvalue weighted by Gasteiger charge is 2.16. The average molecular weight is 449 g/mol. The minimum atomic E-state index is -1.15. The van der Waals surface area contributed by atoms with Crippen LogP contribution < -0.4 is 0 Å². The number of hydrogen-bond acceptors (Lipinski definition) is 5. The lowest BCUT2D eigenvalue weighted by molar-refractivity contribution is -0.384. The van der Waals surface area contributed by atoms with Crippen molar-refractivity contribution in [2.45, 2.75) is 32.4 Å². The second-order valence-corrected chi connectivity index (χ2v) is 14.1. The molecule has 0 radical (unpaired) electrons. The van der Waals surface area contributed by atoms with E-state index in [9.17, 15) is 10.1 Å². The molecule has 0 unspecified atom stereocenters. The molecule has 27 heavy (non-hydrogen) atoms. The van der Waals surface area contributed by atoms with Crippen LogP contribution in [-0.2, 0) is 11.5 Å². The summed E-state index contributed by atoms with van der Waals surface area (Å²) in [5.41, 5.74) is 2.30. The molecule has 0 N–H and O–H groups in total. The largest absolute Gasteiger partial charge is 0.359 e. The molecule has 0 bridgehead atoms. The molecule has 2 heterocycles. The molecule has 0 atom stereocenters. The smallest absolute Gasteiger partial charge is 0.269 e. The Labute approximate surface area is 166 Å². The molecule has 0 amide bonds. The van der Waals surface area contributed by atoms with E-state index in [2.05, 4.69) is 45.7 Å². The van der Waals surface area contributed by atoms with Gasteiger partial charge in [0.15, 0.2) is 5.65 Å². The van der Waals surface area contributed by atoms with Crippen molar-refractivity contribution in [1.82, 2.24) is 14.8 Å². The molecule has 0 aliphatic carbocycles. The zero-order valence-corrected chi connectivity index (χ0v) is 18.1. The Morgan fingerprint density at radius 1 is 1.26 bits per heavy atom. The minimum Gasteiger partial charge on any atom is -0.359 e. The predicted molar refractivity (Wildman–Crippen MR) is 111 cm³/mol. The van der Waals surface area contributed by atoms with Crippen molar-refractivity contribution in [3.63, 3.8) is 0 Å². The SMILES string of the molecule is C[Si](C)(C)CCOCn1nc(-c2ccc([N+](=O)[O-])cc2)c2cc(Br)cnc21. The fourth-order valence-corrected chi connectivity index (χ4v) is 3.70. The highest BCUT2D eigenvalue weighted by molar-refractivity contribution is 9.10. The number of hydrogen-bond donors (Lipinski definition) is 0. The number of nitrogens with zero attached hydrogens (tertiary/aromatic N) is 4. The van der Waals surface area contributed by atoms with Gasteiger partial charge in [-0.1, -0.05) is 19.6 Å². The van der Waals surface area contributed by atoms with E-state index in [1.807, 2.05) is 6.07 Å². The van der Waals surface area contributed by atoms with Gasteiger partial charge in [-0.15, -0.1) is 0 Å². The maximum absolute atomic E-state index is 10.9. The number of halogens is 1. The monoisotopic (exact) mass is 448 g/mol. The van der Waals surface area contributed by atoms with Crippen molar-refractivity contribution in [3.8, 4) is 11.3 Å². The van der Waals surface area contributed by atoms with Gasteiger partial charge in [-0.3, -0.25) is 10.1 Å². The number of non-ortho nitro benzene ring substituents is 1. The number of benzene rings is 1. The van der Waals surface area contributed by atoms with Crippen LogP contribution in [0.15, 0.2) is 41.0 Å². The lowest BCUT2D eigenvalue weighted by Gasteiger charge is -2.15. The van der Waals surface area contributed by atoms with Crippen molar-refractivity contribution < 1.29 is 9.66 Å². The predicted octanol–water partition coefficient (Wildman–Crippen LogP) is 5.08. The van der Waals surface area contributed by atoms with Gasteiger partial charge in [0.2, 0.25) is 0 Å². The summed E-state index contributed by atoms with van der Waals surface area (Å²) in [6.45, 7) is 7.95. The fourth-order valence-electron chi connectivity index (χ4n) is 2.61.